The number of nitrogens with zero attached hydrogens (tertiary/aromatic N) is 1. The van der Waals surface area contributed by atoms with E-state index in [0.717, 1.165) is 21.6 Å². The fourth-order valence-corrected chi connectivity index (χ4v) is 5.25. The molecule has 0 spiro atoms. The second-order valence-corrected chi connectivity index (χ2v) is 9.73. The number of benzene rings is 3. The molecule has 7 nitrogen and oxygen atoms in total. The van der Waals surface area contributed by atoms with E-state index in [4.69, 9.17) is 0 Å². The van der Waals surface area contributed by atoms with E-state index in [9.17, 15) is 19.2 Å². The molecule has 1 saturated heterocycles. The molecule has 0 aromatic heterocycles. The molecule has 0 bridgehead atoms. The van der Waals surface area contributed by atoms with Crippen molar-refractivity contribution in [2.24, 2.45) is 0 Å². The number of imide groups is 1. The van der Waals surface area contributed by atoms with E-state index in [2.05, 4.69) is 23.3 Å². The SMILES string of the molecule is CCC[C@@H](C(=O)S)N1C(=O)N[C@@H](CCC(=O)NC(c2ccccc2)(c2ccccc2)c2ccccc2)C1=O. The molecule has 1 aliphatic rings. The van der Waals surface area contributed by atoms with E-state index >= 15 is 0 Å². The van der Waals surface area contributed by atoms with Gasteiger partial charge in [-0.2, -0.15) is 0 Å². The van der Waals surface area contributed by atoms with E-state index in [1.54, 1.807) is 0 Å². The van der Waals surface area contributed by atoms with Gasteiger partial charge in [-0.15, -0.1) is 12.6 Å². The highest BCUT2D eigenvalue weighted by Gasteiger charge is 2.44. The lowest BCUT2D eigenvalue weighted by molar-refractivity contribution is -0.132. The first-order valence-electron chi connectivity index (χ1n) is 12.7. The van der Waals surface area contributed by atoms with Gasteiger partial charge in [-0.3, -0.25) is 19.3 Å². The lowest BCUT2D eigenvalue weighted by atomic mass is 9.77. The van der Waals surface area contributed by atoms with Crippen molar-refractivity contribution in [3.05, 3.63) is 108 Å². The molecule has 0 radical (unpaired) electrons. The highest BCUT2D eigenvalue weighted by Crippen LogP contribution is 2.37. The maximum absolute atomic E-state index is 13.5. The summed E-state index contributed by atoms with van der Waals surface area (Å²) in [5, 5.41) is 5.36. The average Bonchev–Trinajstić information content (AvgIpc) is 3.22. The van der Waals surface area contributed by atoms with E-state index in [0.29, 0.717) is 12.8 Å². The van der Waals surface area contributed by atoms with Gasteiger partial charge in [-0.25, -0.2) is 4.79 Å². The van der Waals surface area contributed by atoms with Crippen LogP contribution < -0.4 is 10.6 Å². The number of hydrogen-bond acceptors (Lipinski definition) is 4. The Hall–Kier alpha value is -3.91. The Labute approximate surface area is 228 Å². The summed E-state index contributed by atoms with van der Waals surface area (Å²) in [6.07, 6.45) is 1.04. The van der Waals surface area contributed by atoms with Crippen molar-refractivity contribution < 1.29 is 19.2 Å². The Morgan fingerprint density at radius 2 is 1.37 bits per heavy atom. The van der Waals surface area contributed by atoms with E-state index in [-0.39, 0.29) is 18.7 Å². The number of amides is 4. The van der Waals surface area contributed by atoms with Crippen molar-refractivity contribution in [2.75, 3.05) is 0 Å². The second kappa shape index (κ2) is 12.1. The number of thiol groups is 1. The van der Waals surface area contributed by atoms with Crippen LogP contribution in [0.25, 0.3) is 0 Å². The molecule has 4 rings (SSSR count). The molecule has 4 amide bonds. The number of carbonyl (C=O) groups is 4. The molecule has 8 heteroatoms. The zero-order valence-electron chi connectivity index (χ0n) is 21.2. The molecular formula is C30H31N3O4S. The van der Waals surface area contributed by atoms with Crippen molar-refractivity contribution in [3.63, 3.8) is 0 Å². The Morgan fingerprint density at radius 3 is 1.79 bits per heavy atom. The van der Waals surface area contributed by atoms with Gasteiger partial charge in [-0.05, 0) is 29.5 Å². The van der Waals surface area contributed by atoms with Crippen molar-refractivity contribution in [1.82, 2.24) is 15.5 Å². The molecule has 3 aromatic carbocycles. The Kier molecular flexibility index (Phi) is 8.63. The quantitative estimate of drug-likeness (QED) is 0.195. The topological polar surface area (TPSA) is 95.6 Å². The lowest BCUT2D eigenvalue weighted by Gasteiger charge is -2.37. The van der Waals surface area contributed by atoms with Crippen molar-refractivity contribution in [1.29, 1.82) is 0 Å². The molecule has 0 unspecified atom stereocenters. The van der Waals surface area contributed by atoms with Crippen LogP contribution in [0.1, 0.15) is 49.3 Å². The highest BCUT2D eigenvalue weighted by molar-refractivity contribution is 7.96. The van der Waals surface area contributed by atoms with Crippen LogP contribution in [-0.4, -0.2) is 39.9 Å². The Bertz CT molecular complexity index is 1190. The van der Waals surface area contributed by atoms with Gasteiger partial charge in [0, 0.05) is 6.42 Å². The van der Waals surface area contributed by atoms with Gasteiger partial charge in [0.05, 0.1) is 0 Å². The third kappa shape index (κ3) is 5.50. The van der Waals surface area contributed by atoms with Crippen LogP contribution in [0.4, 0.5) is 4.79 Å². The summed E-state index contributed by atoms with van der Waals surface area (Å²) in [5.74, 6) is -0.790. The summed E-state index contributed by atoms with van der Waals surface area (Å²) in [4.78, 5) is 52.0. The first-order chi connectivity index (χ1) is 18.4. The van der Waals surface area contributed by atoms with Gasteiger partial charge >= 0.3 is 6.03 Å². The zero-order valence-corrected chi connectivity index (χ0v) is 22.1. The molecule has 0 aliphatic carbocycles. The lowest BCUT2D eigenvalue weighted by Crippen LogP contribution is -2.48. The van der Waals surface area contributed by atoms with Crippen LogP contribution in [0.2, 0.25) is 0 Å². The van der Waals surface area contributed by atoms with Crippen LogP contribution in [-0.2, 0) is 19.9 Å². The summed E-state index contributed by atoms with van der Waals surface area (Å²) in [5.41, 5.74) is 1.69. The maximum Gasteiger partial charge on any atom is 0.325 e. The molecule has 1 aliphatic heterocycles. The fraction of sp³-hybridized carbons (Fsp3) is 0.267. The van der Waals surface area contributed by atoms with Crippen molar-refractivity contribution in [2.45, 2.75) is 50.2 Å². The van der Waals surface area contributed by atoms with Crippen LogP contribution in [0, 0.1) is 0 Å². The molecule has 38 heavy (non-hydrogen) atoms. The summed E-state index contributed by atoms with van der Waals surface area (Å²) < 4.78 is 0. The number of hydrogen-bond donors (Lipinski definition) is 3. The number of rotatable bonds is 11. The molecule has 0 saturated carbocycles. The van der Waals surface area contributed by atoms with E-state index < -0.39 is 34.7 Å². The average molecular weight is 530 g/mol. The predicted molar refractivity (Wildman–Crippen MR) is 148 cm³/mol. The molecule has 1 fully saturated rings. The third-order valence-electron chi connectivity index (χ3n) is 6.82. The summed E-state index contributed by atoms with van der Waals surface area (Å²) >= 11 is 3.87. The molecule has 2 N–H and O–H groups in total. The van der Waals surface area contributed by atoms with Crippen LogP contribution in [0.15, 0.2) is 91.0 Å². The highest BCUT2D eigenvalue weighted by atomic mass is 32.1. The van der Waals surface area contributed by atoms with Crippen molar-refractivity contribution in [3.8, 4) is 0 Å². The smallest absolute Gasteiger partial charge is 0.325 e. The standard InChI is InChI=1S/C30H31N3O4S/c1-2-12-25(28(36)38)33-27(35)24(31-29(33)37)19-20-26(34)32-30(21-13-6-3-7-14-21,22-15-8-4-9-16-22)23-17-10-5-11-18-23/h3-11,13-18,24-25H,2,12,19-20H2,1H3,(H,31,37)(H,32,34)(H,36,38)/t24-,25-/m0/s1. The molecule has 2 atom stereocenters. The largest absolute Gasteiger partial charge is 0.338 e. The molecular weight excluding hydrogens is 498 g/mol. The molecule has 3 aromatic rings. The van der Waals surface area contributed by atoms with E-state index in [1.165, 1.54) is 0 Å². The first-order valence-corrected chi connectivity index (χ1v) is 13.2. The predicted octanol–water partition coefficient (Wildman–Crippen LogP) is 4.42. The van der Waals surface area contributed by atoms with E-state index in [1.807, 2.05) is 97.9 Å². The minimum absolute atomic E-state index is 0.00789. The fourth-order valence-electron chi connectivity index (χ4n) is 5.00. The monoisotopic (exact) mass is 529 g/mol. The first kappa shape index (κ1) is 27.1. The van der Waals surface area contributed by atoms with Gasteiger partial charge in [0.25, 0.3) is 5.91 Å². The summed E-state index contributed by atoms with van der Waals surface area (Å²) in [6, 6.07) is 26.7. The number of urea groups is 1. The number of carbonyl (C=O) groups excluding carboxylic acids is 4. The van der Waals surface area contributed by atoms with Crippen molar-refractivity contribution >= 4 is 35.6 Å². The summed E-state index contributed by atoms with van der Waals surface area (Å²) in [6.45, 7) is 1.86. The minimum Gasteiger partial charge on any atom is -0.338 e. The van der Waals surface area contributed by atoms with Gasteiger partial charge in [0.1, 0.15) is 17.6 Å². The summed E-state index contributed by atoms with van der Waals surface area (Å²) in [7, 11) is 0. The second-order valence-electron chi connectivity index (χ2n) is 9.29. The molecule has 196 valence electrons. The third-order valence-corrected chi connectivity index (χ3v) is 7.12. The maximum atomic E-state index is 13.5. The van der Waals surface area contributed by atoms with Crippen LogP contribution in [0.3, 0.4) is 0 Å². The van der Waals surface area contributed by atoms with Gasteiger partial charge in [-0.1, -0.05) is 104 Å². The van der Waals surface area contributed by atoms with Crippen LogP contribution in [0.5, 0.6) is 0 Å². The van der Waals surface area contributed by atoms with Gasteiger partial charge < -0.3 is 10.6 Å². The normalized spacial score (nSPS) is 16.2. The van der Waals surface area contributed by atoms with Crippen LogP contribution >= 0.6 is 12.6 Å². The van der Waals surface area contributed by atoms with Gasteiger partial charge in [0.2, 0.25) is 11.0 Å². The zero-order chi connectivity index (χ0) is 27.1. The Morgan fingerprint density at radius 1 is 0.895 bits per heavy atom. The van der Waals surface area contributed by atoms with Gasteiger partial charge in [0.15, 0.2) is 0 Å². The molecule has 1 heterocycles. The number of nitrogens with one attached hydrogen (secondary N) is 2. The minimum atomic E-state index is -0.972. The Balaban J connectivity index is 1.60.